The molecule has 35 heavy (non-hydrogen) atoms. The van der Waals surface area contributed by atoms with E-state index in [0.717, 1.165) is 47.2 Å². The van der Waals surface area contributed by atoms with Crippen LogP contribution in [-0.4, -0.2) is 23.2 Å². The Kier molecular flexibility index (Phi) is 6.45. The number of nitrogens with zero attached hydrogens (tertiary/aromatic N) is 2. The molecule has 0 aromatic heterocycles. The Labute approximate surface area is 203 Å². The molecular weight excluding hydrogens is 446 g/mol. The number of fused-ring (bicyclic) bond motifs is 1. The Morgan fingerprint density at radius 2 is 1.71 bits per heavy atom. The van der Waals surface area contributed by atoms with Crippen LogP contribution >= 0.6 is 0 Å². The number of aryl methyl sites for hydroxylation is 1. The summed E-state index contributed by atoms with van der Waals surface area (Å²) in [7, 11) is 0. The largest absolute Gasteiger partial charge is 0.483 e. The number of rotatable bonds is 5. The van der Waals surface area contributed by atoms with E-state index in [0.29, 0.717) is 5.75 Å². The van der Waals surface area contributed by atoms with E-state index in [4.69, 9.17) is 9.84 Å². The van der Waals surface area contributed by atoms with Crippen LogP contribution in [0.2, 0.25) is 0 Å². The number of hydrazone groups is 1. The monoisotopic (exact) mass is 472 g/mol. The second-order valence-electron chi connectivity index (χ2n) is 8.99. The average Bonchev–Trinajstić information content (AvgIpc) is 3.26. The molecule has 5 rings (SSSR count). The summed E-state index contributed by atoms with van der Waals surface area (Å²) in [6.45, 7) is 1.78. The smallest absolute Gasteiger partial charge is 0.281 e. The van der Waals surface area contributed by atoms with Crippen molar-refractivity contribution < 1.29 is 18.3 Å². The number of hydrogen-bond acceptors (Lipinski definition) is 3. The maximum atomic E-state index is 13.7. The number of para-hydroxylation sites is 1. The van der Waals surface area contributed by atoms with Gasteiger partial charge in [0.2, 0.25) is 0 Å². The molecule has 1 aliphatic heterocycles. The predicted octanol–water partition coefficient (Wildman–Crippen LogP) is 6.48. The van der Waals surface area contributed by atoms with E-state index < -0.39 is 0 Å². The molecule has 1 fully saturated rings. The van der Waals surface area contributed by atoms with Crippen LogP contribution in [0.4, 0.5) is 8.78 Å². The molecule has 1 aliphatic carbocycles. The Morgan fingerprint density at radius 3 is 2.43 bits per heavy atom. The first-order valence-corrected chi connectivity index (χ1v) is 11.8. The number of hydrogen-bond donors (Lipinski definition) is 0. The number of ether oxygens (including phenoxy) is 1. The Hall–Kier alpha value is -3.80. The summed E-state index contributed by atoms with van der Waals surface area (Å²) in [6.07, 6.45) is 4.65. The quantitative estimate of drug-likeness (QED) is 0.427. The fourth-order valence-corrected chi connectivity index (χ4v) is 4.88. The second kappa shape index (κ2) is 9.82. The van der Waals surface area contributed by atoms with Gasteiger partial charge in [-0.2, -0.15) is 5.10 Å². The molecule has 178 valence electrons. The molecule has 0 radical (unpaired) electrons. The van der Waals surface area contributed by atoms with Crippen LogP contribution in [0.25, 0.3) is 6.08 Å². The molecule has 1 saturated carbocycles. The predicted molar refractivity (Wildman–Crippen MR) is 132 cm³/mol. The summed E-state index contributed by atoms with van der Waals surface area (Å²) in [5.74, 6) is -0.225. The van der Waals surface area contributed by atoms with Crippen LogP contribution in [-0.2, 0) is 4.79 Å². The van der Waals surface area contributed by atoms with Gasteiger partial charge in [-0.1, -0.05) is 42.5 Å². The van der Waals surface area contributed by atoms with Crippen LogP contribution in [0.5, 0.6) is 5.75 Å². The number of carbonyl (C=O) groups excluding carboxylic acids is 1. The molecule has 0 spiro atoms. The van der Waals surface area contributed by atoms with Gasteiger partial charge in [0.25, 0.3) is 5.91 Å². The van der Waals surface area contributed by atoms with E-state index >= 15 is 0 Å². The fraction of sp³-hybridized carbons (Fsp3) is 0.241. The third-order valence-corrected chi connectivity index (χ3v) is 6.62. The fourth-order valence-electron chi connectivity index (χ4n) is 4.88. The molecule has 3 aromatic rings. The third kappa shape index (κ3) is 4.87. The zero-order valence-electron chi connectivity index (χ0n) is 19.5. The van der Waals surface area contributed by atoms with Crippen molar-refractivity contribution in [1.29, 1.82) is 0 Å². The molecule has 1 heterocycles. The number of allylic oxidation sites excluding steroid dienone is 1. The summed E-state index contributed by atoms with van der Waals surface area (Å²) in [6, 6.07) is 19.8. The second-order valence-corrected chi connectivity index (χ2v) is 8.99. The van der Waals surface area contributed by atoms with Crippen LogP contribution in [0, 0.1) is 24.5 Å². The molecule has 0 N–H and O–H groups in total. The highest BCUT2D eigenvalue weighted by atomic mass is 19.1. The SMILES string of the molecule is Cc1ccccc1OCC(=O)N1N=C2/C(=C\c3ccc(F)cc3)CCCC2C1c1ccc(F)cc1. The van der Waals surface area contributed by atoms with E-state index in [2.05, 4.69) is 0 Å². The summed E-state index contributed by atoms with van der Waals surface area (Å²) in [4.78, 5) is 13.4. The van der Waals surface area contributed by atoms with Gasteiger partial charge in [0.1, 0.15) is 17.4 Å². The van der Waals surface area contributed by atoms with Crippen molar-refractivity contribution in [2.24, 2.45) is 11.0 Å². The Bertz CT molecular complexity index is 1280. The highest BCUT2D eigenvalue weighted by molar-refractivity contribution is 6.08. The first kappa shape index (κ1) is 23.0. The summed E-state index contributed by atoms with van der Waals surface area (Å²) in [5.41, 5.74) is 4.56. The van der Waals surface area contributed by atoms with Crippen LogP contribution in [0.3, 0.4) is 0 Å². The van der Waals surface area contributed by atoms with E-state index in [-0.39, 0.29) is 36.1 Å². The maximum absolute atomic E-state index is 13.7. The van der Waals surface area contributed by atoms with Crippen molar-refractivity contribution in [2.75, 3.05) is 6.61 Å². The van der Waals surface area contributed by atoms with Crippen molar-refractivity contribution in [3.63, 3.8) is 0 Å². The molecule has 0 bridgehead atoms. The molecular formula is C29H26F2N2O2. The number of halogens is 2. The lowest BCUT2D eigenvalue weighted by Gasteiger charge is -2.29. The molecule has 4 nitrogen and oxygen atoms in total. The number of benzene rings is 3. The van der Waals surface area contributed by atoms with Gasteiger partial charge in [-0.3, -0.25) is 4.79 Å². The number of carbonyl (C=O) groups is 1. The Morgan fingerprint density at radius 1 is 1.03 bits per heavy atom. The molecule has 1 amide bonds. The molecule has 6 heteroatoms. The lowest BCUT2D eigenvalue weighted by Crippen LogP contribution is -2.34. The van der Waals surface area contributed by atoms with Crippen LogP contribution in [0.1, 0.15) is 42.0 Å². The topological polar surface area (TPSA) is 41.9 Å². The maximum Gasteiger partial charge on any atom is 0.281 e. The van der Waals surface area contributed by atoms with Crippen LogP contribution < -0.4 is 4.74 Å². The first-order valence-electron chi connectivity index (χ1n) is 11.8. The molecule has 2 aliphatic rings. The van der Waals surface area contributed by atoms with Gasteiger partial charge in [0.15, 0.2) is 6.61 Å². The van der Waals surface area contributed by atoms with Crippen LogP contribution in [0.15, 0.2) is 83.5 Å². The zero-order valence-corrected chi connectivity index (χ0v) is 19.5. The highest BCUT2D eigenvalue weighted by Gasteiger charge is 2.43. The zero-order chi connectivity index (χ0) is 24.4. The molecule has 3 aromatic carbocycles. The van der Waals surface area contributed by atoms with Gasteiger partial charge in [-0.05, 0) is 84.9 Å². The standard InChI is InChI=1S/C29H26F2N2O2/c1-19-5-2-3-8-26(19)35-18-27(34)33-29(21-11-15-24(31)16-12-21)25-7-4-6-22(28(25)32-33)17-20-9-13-23(30)14-10-20/h2-3,5,8-17,25,29H,4,6-7,18H2,1H3/b22-17-. The summed E-state index contributed by atoms with van der Waals surface area (Å²) < 4.78 is 32.9. The summed E-state index contributed by atoms with van der Waals surface area (Å²) in [5, 5.41) is 6.31. The van der Waals surface area contributed by atoms with Crippen molar-refractivity contribution in [2.45, 2.75) is 32.2 Å². The van der Waals surface area contributed by atoms with Crippen molar-refractivity contribution in [1.82, 2.24) is 5.01 Å². The first-order chi connectivity index (χ1) is 17.0. The van der Waals surface area contributed by atoms with E-state index in [1.807, 2.05) is 37.3 Å². The minimum Gasteiger partial charge on any atom is -0.483 e. The van der Waals surface area contributed by atoms with Gasteiger partial charge in [0.05, 0.1) is 11.8 Å². The Balaban J connectivity index is 1.47. The van der Waals surface area contributed by atoms with E-state index in [9.17, 15) is 13.6 Å². The van der Waals surface area contributed by atoms with E-state index in [1.54, 1.807) is 24.3 Å². The molecule has 2 unspecified atom stereocenters. The summed E-state index contributed by atoms with van der Waals surface area (Å²) >= 11 is 0. The average molecular weight is 473 g/mol. The molecule has 2 atom stereocenters. The van der Waals surface area contributed by atoms with Crippen molar-refractivity contribution in [3.05, 3.63) is 107 Å². The van der Waals surface area contributed by atoms with Gasteiger partial charge in [-0.25, -0.2) is 13.8 Å². The highest BCUT2D eigenvalue weighted by Crippen LogP contribution is 2.44. The minimum absolute atomic E-state index is 0.0108. The van der Waals surface area contributed by atoms with Gasteiger partial charge >= 0.3 is 0 Å². The van der Waals surface area contributed by atoms with Gasteiger partial charge in [0, 0.05) is 5.92 Å². The minimum atomic E-state index is -0.338. The van der Waals surface area contributed by atoms with E-state index in [1.165, 1.54) is 29.3 Å². The lowest BCUT2D eigenvalue weighted by atomic mass is 9.77. The lowest BCUT2D eigenvalue weighted by molar-refractivity contribution is -0.135. The van der Waals surface area contributed by atoms with Crippen molar-refractivity contribution in [3.8, 4) is 5.75 Å². The van der Waals surface area contributed by atoms with Gasteiger partial charge < -0.3 is 4.74 Å². The third-order valence-electron chi connectivity index (χ3n) is 6.62. The van der Waals surface area contributed by atoms with Gasteiger partial charge in [-0.15, -0.1) is 0 Å². The molecule has 0 saturated heterocycles. The van der Waals surface area contributed by atoms with Crippen molar-refractivity contribution >= 4 is 17.7 Å². The number of amides is 1. The normalized spacial score (nSPS) is 20.5.